The number of nitrogens with one attached hydrogen (secondary N) is 1. The number of pyridine rings is 1. The molecular formula is C17H23IN4. The summed E-state index contributed by atoms with van der Waals surface area (Å²) in [5.74, 6) is 1.03. The van der Waals surface area contributed by atoms with Gasteiger partial charge in [0.15, 0.2) is 5.96 Å². The number of fused-ring (bicyclic) bond motifs is 1. The summed E-state index contributed by atoms with van der Waals surface area (Å²) in [6.07, 6.45) is 4.38. The molecule has 0 amide bonds. The maximum Gasteiger partial charge on any atom is 0.194 e. The summed E-state index contributed by atoms with van der Waals surface area (Å²) in [6.45, 7) is 5.92. The van der Waals surface area contributed by atoms with Gasteiger partial charge in [-0.1, -0.05) is 24.3 Å². The van der Waals surface area contributed by atoms with E-state index in [9.17, 15) is 0 Å². The fourth-order valence-electron chi connectivity index (χ4n) is 2.81. The molecule has 0 radical (unpaired) electrons. The first-order valence-corrected chi connectivity index (χ1v) is 7.74. The Bertz CT molecular complexity index is 630. The molecule has 1 aromatic heterocycles. The maximum atomic E-state index is 4.81. The van der Waals surface area contributed by atoms with Crippen LogP contribution in [0, 0.1) is 0 Å². The van der Waals surface area contributed by atoms with Gasteiger partial charge >= 0.3 is 0 Å². The summed E-state index contributed by atoms with van der Waals surface area (Å²) >= 11 is 0. The molecule has 4 nitrogen and oxygen atoms in total. The van der Waals surface area contributed by atoms with Crippen molar-refractivity contribution in [1.29, 1.82) is 0 Å². The number of para-hydroxylation sites is 1. The predicted molar refractivity (Wildman–Crippen MR) is 103 cm³/mol. The summed E-state index contributed by atoms with van der Waals surface area (Å²) in [5, 5.41) is 4.58. The Balaban J connectivity index is 0.00000176. The first kappa shape index (κ1) is 17.0. The van der Waals surface area contributed by atoms with Gasteiger partial charge in [0.25, 0.3) is 0 Å². The minimum absolute atomic E-state index is 0. The molecule has 1 fully saturated rings. The second kappa shape index (κ2) is 8.31. The average Bonchev–Trinajstić information content (AvgIpc) is 3.05. The van der Waals surface area contributed by atoms with Crippen molar-refractivity contribution >= 4 is 40.8 Å². The molecule has 0 saturated carbocycles. The van der Waals surface area contributed by atoms with Gasteiger partial charge in [-0.3, -0.25) is 4.98 Å². The third-order valence-corrected chi connectivity index (χ3v) is 3.86. The number of rotatable bonds is 3. The molecule has 0 spiro atoms. The summed E-state index contributed by atoms with van der Waals surface area (Å²) in [4.78, 5) is 11.7. The molecule has 1 aliphatic heterocycles. The van der Waals surface area contributed by atoms with Crippen molar-refractivity contribution in [2.45, 2.75) is 26.3 Å². The average molecular weight is 410 g/mol. The zero-order chi connectivity index (χ0) is 14.5. The number of benzene rings is 1. The van der Waals surface area contributed by atoms with Gasteiger partial charge in [-0.2, -0.15) is 0 Å². The Kier molecular flexibility index (Phi) is 6.42. The van der Waals surface area contributed by atoms with E-state index in [4.69, 9.17) is 4.99 Å². The SMILES string of the molecule is CCNC(=NCc1cccc2cccnc12)N1CCCC1.I. The second-order valence-corrected chi connectivity index (χ2v) is 5.36. The highest BCUT2D eigenvalue weighted by atomic mass is 127. The first-order chi connectivity index (χ1) is 10.4. The number of aliphatic imine (C=N–C) groups is 1. The lowest BCUT2D eigenvalue weighted by Gasteiger charge is -2.20. The van der Waals surface area contributed by atoms with E-state index < -0.39 is 0 Å². The Hall–Kier alpha value is -1.37. The molecule has 22 heavy (non-hydrogen) atoms. The normalized spacial score (nSPS) is 15.0. The number of hydrogen-bond donors (Lipinski definition) is 1. The van der Waals surface area contributed by atoms with Crippen LogP contribution < -0.4 is 5.32 Å². The Labute approximate surface area is 149 Å². The van der Waals surface area contributed by atoms with Crippen molar-refractivity contribution in [3.8, 4) is 0 Å². The quantitative estimate of drug-likeness (QED) is 0.479. The van der Waals surface area contributed by atoms with Crippen LogP contribution in [0.4, 0.5) is 0 Å². The lowest BCUT2D eigenvalue weighted by atomic mass is 10.1. The van der Waals surface area contributed by atoms with E-state index >= 15 is 0 Å². The predicted octanol–water partition coefficient (Wildman–Crippen LogP) is 3.41. The zero-order valence-corrected chi connectivity index (χ0v) is 15.3. The van der Waals surface area contributed by atoms with Crippen molar-refractivity contribution in [2.75, 3.05) is 19.6 Å². The van der Waals surface area contributed by atoms with Gasteiger partial charge in [0.1, 0.15) is 0 Å². The van der Waals surface area contributed by atoms with Crippen LogP contribution in [0.5, 0.6) is 0 Å². The lowest BCUT2D eigenvalue weighted by Crippen LogP contribution is -2.39. The van der Waals surface area contributed by atoms with Crippen LogP contribution in [-0.2, 0) is 6.54 Å². The topological polar surface area (TPSA) is 40.5 Å². The highest BCUT2D eigenvalue weighted by molar-refractivity contribution is 14.0. The molecule has 118 valence electrons. The minimum atomic E-state index is 0. The van der Waals surface area contributed by atoms with Gasteiger partial charge in [0, 0.05) is 31.2 Å². The molecule has 0 atom stereocenters. The van der Waals surface area contributed by atoms with Gasteiger partial charge in [-0.05, 0) is 31.4 Å². The van der Waals surface area contributed by atoms with Crippen LogP contribution in [-0.4, -0.2) is 35.5 Å². The Morgan fingerprint density at radius 2 is 2.00 bits per heavy atom. The monoisotopic (exact) mass is 410 g/mol. The van der Waals surface area contributed by atoms with Crippen molar-refractivity contribution < 1.29 is 0 Å². The molecule has 1 saturated heterocycles. The largest absolute Gasteiger partial charge is 0.357 e. The van der Waals surface area contributed by atoms with Gasteiger partial charge in [0.05, 0.1) is 12.1 Å². The van der Waals surface area contributed by atoms with E-state index in [1.807, 2.05) is 12.3 Å². The molecular weight excluding hydrogens is 387 g/mol. The molecule has 5 heteroatoms. The van der Waals surface area contributed by atoms with E-state index in [-0.39, 0.29) is 24.0 Å². The number of nitrogens with zero attached hydrogens (tertiary/aromatic N) is 3. The molecule has 1 aliphatic rings. The molecule has 0 aliphatic carbocycles. The molecule has 3 rings (SSSR count). The van der Waals surface area contributed by atoms with Crippen molar-refractivity contribution in [3.05, 3.63) is 42.1 Å². The van der Waals surface area contributed by atoms with Crippen LogP contribution in [0.15, 0.2) is 41.5 Å². The Morgan fingerprint density at radius 1 is 1.23 bits per heavy atom. The van der Waals surface area contributed by atoms with E-state index in [0.717, 1.165) is 31.1 Å². The fourth-order valence-corrected chi connectivity index (χ4v) is 2.81. The van der Waals surface area contributed by atoms with Crippen LogP contribution in [0.25, 0.3) is 10.9 Å². The van der Waals surface area contributed by atoms with Crippen LogP contribution >= 0.6 is 24.0 Å². The standard InChI is InChI=1S/C17H22N4.HI/c1-2-18-17(21-11-3-4-12-21)20-13-15-8-5-7-14-9-6-10-19-16(14)15;/h5-10H,2-4,11-13H2,1H3,(H,18,20);1H. The molecule has 1 N–H and O–H groups in total. The summed E-state index contributed by atoms with van der Waals surface area (Å²) in [6, 6.07) is 10.4. The summed E-state index contributed by atoms with van der Waals surface area (Å²) in [7, 11) is 0. The van der Waals surface area contributed by atoms with Crippen molar-refractivity contribution in [2.24, 2.45) is 4.99 Å². The number of hydrogen-bond acceptors (Lipinski definition) is 2. The van der Waals surface area contributed by atoms with Gasteiger partial charge in [-0.25, -0.2) is 4.99 Å². The third kappa shape index (κ3) is 3.88. The first-order valence-electron chi connectivity index (χ1n) is 7.74. The maximum absolute atomic E-state index is 4.81. The number of aromatic nitrogens is 1. The third-order valence-electron chi connectivity index (χ3n) is 3.86. The van der Waals surface area contributed by atoms with Gasteiger partial charge < -0.3 is 10.2 Å². The smallest absolute Gasteiger partial charge is 0.194 e. The molecule has 2 aromatic rings. The van der Waals surface area contributed by atoms with Crippen molar-refractivity contribution in [3.63, 3.8) is 0 Å². The summed E-state index contributed by atoms with van der Waals surface area (Å²) < 4.78 is 0. The lowest BCUT2D eigenvalue weighted by molar-refractivity contribution is 0.494. The van der Waals surface area contributed by atoms with Crippen LogP contribution in [0.2, 0.25) is 0 Å². The highest BCUT2D eigenvalue weighted by Crippen LogP contribution is 2.17. The number of likely N-dealkylation sites (tertiary alicyclic amines) is 1. The summed E-state index contributed by atoms with van der Waals surface area (Å²) in [5.41, 5.74) is 2.24. The number of halogens is 1. The van der Waals surface area contributed by atoms with Crippen LogP contribution in [0.3, 0.4) is 0 Å². The van der Waals surface area contributed by atoms with E-state index in [1.165, 1.54) is 23.8 Å². The van der Waals surface area contributed by atoms with Crippen molar-refractivity contribution in [1.82, 2.24) is 15.2 Å². The van der Waals surface area contributed by atoms with Gasteiger partial charge in [-0.15, -0.1) is 24.0 Å². The molecule has 0 unspecified atom stereocenters. The minimum Gasteiger partial charge on any atom is -0.357 e. The highest BCUT2D eigenvalue weighted by Gasteiger charge is 2.15. The van der Waals surface area contributed by atoms with E-state index in [2.05, 4.69) is 46.4 Å². The molecule has 0 bridgehead atoms. The molecule has 2 heterocycles. The fraction of sp³-hybridized carbons (Fsp3) is 0.412. The van der Waals surface area contributed by atoms with E-state index in [1.54, 1.807) is 0 Å². The van der Waals surface area contributed by atoms with E-state index in [0.29, 0.717) is 6.54 Å². The van der Waals surface area contributed by atoms with Crippen LogP contribution in [0.1, 0.15) is 25.3 Å². The molecule has 1 aromatic carbocycles. The van der Waals surface area contributed by atoms with Gasteiger partial charge in [0.2, 0.25) is 0 Å². The Morgan fingerprint density at radius 3 is 2.77 bits per heavy atom. The second-order valence-electron chi connectivity index (χ2n) is 5.36. The zero-order valence-electron chi connectivity index (χ0n) is 13.0. The number of guanidine groups is 1.